The van der Waals surface area contributed by atoms with Crippen LogP contribution in [0.3, 0.4) is 0 Å². The van der Waals surface area contributed by atoms with Crippen LogP contribution < -0.4 is 0 Å². The summed E-state index contributed by atoms with van der Waals surface area (Å²) in [6.07, 6.45) is 7.26. The second-order valence-electron chi connectivity index (χ2n) is 4.26. The van der Waals surface area contributed by atoms with Crippen LogP contribution in [-0.4, -0.2) is 11.2 Å². The summed E-state index contributed by atoms with van der Waals surface area (Å²) in [4.78, 5) is 0. The van der Waals surface area contributed by atoms with E-state index in [4.69, 9.17) is 0 Å². The van der Waals surface area contributed by atoms with E-state index < -0.39 is 0 Å². The van der Waals surface area contributed by atoms with Gasteiger partial charge in [0.2, 0.25) is 0 Å². The minimum Gasteiger partial charge on any atom is -0.392 e. The smallest absolute Gasteiger partial charge is 0.0608 e. The van der Waals surface area contributed by atoms with E-state index in [1.165, 1.54) is 25.7 Å². The summed E-state index contributed by atoms with van der Waals surface area (Å²) in [6.45, 7) is 2.25. The molecule has 0 radical (unpaired) electrons. The van der Waals surface area contributed by atoms with Crippen molar-refractivity contribution in [3.05, 3.63) is 11.1 Å². The van der Waals surface area contributed by atoms with Crippen molar-refractivity contribution in [2.75, 3.05) is 0 Å². The van der Waals surface area contributed by atoms with Crippen LogP contribution in [0.4, 0.5) is 0 Å². The molecule has 0 bridgehead atoms. The highest BCUT2D eigenvalue weighted by Crippen LogP contribution is 2.39. The van der Waals surface area contributed by atoms with Gasteiger partial charge in [-0.05, 0) is 39.0 Å². The van der Waals surface area contributed by atoms with Crippen molar-refractivity contribution in [1.82, 2.24) is 0 Å². The fraction of sp³-hybridized carbons (Fsp3) is 0.818. The second-order valence-corrected chi connectivity index (χ2v) is 4.26. The van der Waals surface area contributed by atoms with Crippen molar-refractivity contribution in [3.8, 4) is 0 Å². The maximum absolute atomic E-state index is 9.79. The van der Waals surface area contributed by atoms with E-state index in [1.807, 2.05) is 0 Å². The molecule has 1 N–H and O–H groups in total. The van der Waals surface area contributed by atoms with Crippen molar-refractivity contribution in [2.24, 2.45) is 5.92 Å². The zero-order valence-electron chi connectivity index (χ0n) is 7.84. The molecule has 1 fully saturated rings. The number of hydrogen-bond donors (Lipinski definition) is 1. The topological polar surface area (TPSA) is 20.2 Å². The normalized spacial score (nSPS) is 36.5. The first-order valence-corrected chi connectivity index (χ1v) is 5.15. The minimum atomic E-state index is -0.0241. The Morgan fingerprint density at radius 2 is 2.00 bits per heavy atom. The molecular weight excluding hydrogens is 148 g/mol. The Kier molecular flexibility index (Phi) is 2.22. The fourth-order valence-corrected chi connectivity index (χ4v) is 2.72. The van der Waals surface area contributed by atoms with Gasteiger partial charge in [-0.3, -0.25) is 0 Å². The summed E-state index contributed by atoms with van der Waals surface area (Å²) in [5.41, 5.74) is 3.17. The molecule has 0 aromatic heterocycles. The predicted molar refractivity (Wildman–Crippen MR) is 49.9 cm³/mol. The Bertz CT molecular complexity index is 205. The van der Waals surface area contributed by atoms with Gasteiger partial charge in [-0.1, -0.05) is 17.6 Å². The van der Waals surface area contributed by atoms with Gasteiger partial charge in [-0.15, -0.1) is 0 Å². The number of hydrogen-bond acceptors (Lipinski definition) is 1. The monoisotopic (exact) mass is 166 g/mol. The van der Waals surface area contributed by atoms with Crippen molar-refractivity contribution in [1.29, 1.82) is 0 Å². The van der Waals surface area contributed by atoms with E-state index in [1.54, 1.807) is 11.1 Å². The highest BCUT2D eigenvalue weighted by Gasteiger charge is 2.30. The molecule has 1 heteroatoms. The van der Waals surface area contributed by atoms with Crippen LogP contribution in [-0.2, 0) is 0 Å². The lowest BCUT2D eigenvalue weighted by molar-refractivity contribution is 0.0937. The quantitative estimate of drug-likeness (QED) is 0.548. The van der Waals surface area contributed by atoms with Gasteiger partial charge < -0.3 is 5.11 Å². The standard InChI is InChI=1S/C11H18O/c1-8-6-7-11(12)10-5-3-2-4-9(8)10/h10-12H,2-7H2,1H3/t10-,11-/m0/s1. The number of fused-ring (bicyclic) bond motifs is 1. The van der Waals surface area contributed by atoms with E-state index in [0.29, 0.717) is 5.92 Å². The van der Waals surface area contributed by atoms with Crippen LogP contribution in [0, 0.1) is 5.92 Å². The lowest BCUT2D eigenvalue weighted by Crippen LogP contribution is -2.29. The fourth-order valence-electron chi connectivity index (χ4n) is 2.72. The van der Waals surface area contributed by atoms with Crippen LogP contribution >= 0.6 is 0 Å². The molecule has 0 heterocycles. The molecule has 1 nitrogen and oxygen atoms in total. The maximum atomic E-state index is 9.79. The summed E-state index contributed by atoms with van der Waals surface area (Å²) in [5.74, 6) is 0.535. The van der Waals surface area contributed by atoms with E-state index in [-0.39, 0.29) is 6.10 Å². The second kappa shape index (κ2) is 3.21. The largest absolute Gasteiger partial charge is 0.392 e. The number of allylic oxidation sites excluding steroid dienone is 1. The van der Waals surface area contributed by atoms with Gasteiger partial charge in [-0.25, -0.2) is 0 Å². The zero-order chi connectivity index (χ0) is 8.55. The molecule has 0 unspecified atom stereocenters. The third-order valence-electron chi connectivity index (χ3n) is 3.49. The summed E-state index contributed by atoms with van der Waals surface area (Å²) in [7, 11) is 0. The van der Waals surface area contributed by atoms with Crippen molar-refractivity contribution in [3.63, 3.8) is 0 Å². The van der Waals surface area contributed by atoms with Crippen LogP contribution in [0.1, 0.15) is 45.4 Å². The Morgan fingerprint density at radius 3 is 2.75 bits per heavy atom. The highest BCUT2D eigenvalue weighted by atomic mass is 16.3. The van der Waals surface area contributed by atoms with Crippen molar-refractivity contribution >= 4 is 0 Å². The van der Waals surface area contributed by atoms with E-state index in [2.05, 4.69) is 6.92 Å². The molecule has 2 aliphatic rings. The molecule has 0 aliphatic heterocycles. The molecule has 12 heavy (non-hydrogen) atoms. The highest BCUT2D eigenvalue weighted by molar-refractivity contribution is 5.21. The first-order chi connectivity index (χ1) is 5.79. The van der Waals surface area contributed by atoms with Gasteiger partial charge >= 0.3 is 0 Å². The summed E-state index contributed by atoms with van der Waals surface area (Å²) in [6, 6.07) is 0. The summed E-state index contributed by atoms with van der Waals surface area (Å²) in [5, 5.41) is 9.79. The molecule has 68 valence electrons. The molecule has 2 aliphatic carbocycles. The van der Waals surface area contributed by atoms with Gasteiger partial charge in [-0.2, -0.15) is 0 Å². The molecule has 2 rings (SSSR count). The first-order valence-electron chi connectivity index (χ1n) is 5.15. The third kappa shape index (κ3) is 1.31. The molecule has 2 atom stereocenters. The predicted octanol–water partition coefficient (Wildman–Crippen LogP) is 2.65. The molecule has 0 aromatic carbocycles. The van der Waals surface area contributed by atoms with Crippen LogP contribution in [0.2, 0.25) is 0 Å². The molecule has 1 saturated carbocycles. The summed E-state index contributed by atoms with van der Waals surface area (Å²) < 4.78 is 0. The number of aliphatic hydroxyl groups is 1. The Balaban J connectivity index is 2.23. The van der Waals surface area contributed by atoms with Crippen molar-refractivity contribution in [2.45, 2.75) is 51.6 Å². The zero-order valence-corrected chi connectivity index (χ0v) is 7.84. The SMILES string of the molecule is CC1=C2CCCC[C@@H]2[C@@H](O)CC1. The molecule has 0 spiro atoms. The molecule has 0 aromatic rings. The number of rotatable bonds is 0. The lowest BCUT2D eigenvalue weighted by Gasteiger charge is -2.35. The van der Waals surface area contributed by atoms with Gasteiger partial charge in [0.1, 0.15) is 0 Å². The summed E-state index contributed by atoms with van der Waals surface area (Å²) >= 11 is 0. The van der Waals surface area contributed by atoms with Gasteiger partial charge in [0, 0.05) is 5.92 Å². The average molecular weight is 166 g/mol. The van der Waals surface area contributed by atoms with Gasteiger partial charge in [0.15, 0.2) is 0 Å². The van der Waals surface area contributed by atoms with Gasteiger partial charge in [0.05, 0.1) is 6.10 Å². The molecular formula is C11H18O. The lowest BCUT2D eigenvalue weighted by atomic mass is 9.73. The third-order valence-corrected chi connectivity index (χ3v) is 3.49. The minimum absolute atomic E-state index is 0.0241. The van der Waals surface area contributed by atoms with Crippen LogP contribution in [0.5, 0.6) is 0 Å². The van der Waals surface area contributed by atoms with E-state index in [9.17, 15) is 5.11 Å². The van der Waals surface area contributed by atoms with E-state index in [0.717, 1.165) is 12.8 Å². The van der Waals surface area contributed by atoms with Crippen LogP contribution in [0.15, 0.2) is 11.1 Å². The Labute approximate surface area is 74.5 Å². The maximum Gasteiger partial charge on any atom is 0.0608 e. The van der Waals surface area contributed by atoms with E-state index >= 15 is 0 Å². The Hall–Kier alpha value is -0.300. The average Bonchev–Trinajstić information content (AvgIpc) is 2.12. The Morgan fingerprint density at radius 1 is 1.17 bits per heavy atom. The first kappa shape index (κ1) is 8.31. The van der Waals surface area contributed by atoms with Gasteiger partial charge in [0.25, 0.3) is 0 Å². The van der Waals surface area contributed by atoms with Crippen LogP contribution in [0.25, 0.3) is 0 Å². The molecule has 0 saturated heterocycles. The molecule has 0 amide bonds. The van der Waals surface area contributed by atoms with Crippen molar-refractivity contribution < 1.29 is 5.11 Å². The number of aliphatic hydroxyl groups excluding tert-OH is 1.